The third-order valence-corrected chi connectivity index (χ3v) is 2.09. The summed E-state index contributed by atoms with van der Waals surface area (Å²) in [6.45, 7) is 4.00. The van der Waals surface area contributed by atoms with Crippen LogP contribution >= 0.6 is 0 Å². The first-order valence-corrected chi connectivity index (χ1v) is 5.70. The first-order valence-electron chi connectivity index (χ1n) is 5.70. The molecule has 0 aromatic heterocycles. The summed E-state index contributed by atoms with van der Waals surface area (Å²) in [6.07, 6.45) is 1.70. The zero-order chi connectivity index (χ0) is 14.1. The van der Waals surface area contributed by atoms with Gasteiger partial charge in [0.25, 0.3) is 0 Å². The predicted molar refractivity (Wildman–Crippen MR) is 70.9 cm³/mol. The molecule has 0 saturated carbocycles. The van der Waals surface area contributed by atoms with Crippen molar-refractivity contribution in [2.45, 2.75) is 6.42 Å². The van der Waals surface area contributed by atoms with Crippen molar-refractivity contribution in [3.05, 3.63) is 36.9 Å². The number of carbonyl (C=O) groups excluding carboxylic acids is 2. The molecule has 0 radical (unpaired) electrons. The molecule has 0 aliphatic carbocycles. The van der Waals surface area contributed by atoms with Crippen LogP contribution in [0.3, 0.4) is 0 Å². The minimum Gasteiger partial charge on any atom is -0.493 e. The molecule has 0 heterocycles. The lowest BCUT2D eigenvalue weighted by molar-refractivity contribution is -0.137. The van der Waals surface area contributed by atoms with Crippen molar-refractivity contribution >= 4 is 17.7 Å². The van der Waals surface area contributed by atoms with Gasteiger partial charge in [-0.25, -0.2) is 9.59 Å². The Kier molecular flexibility index (Phi) is 5.94. The Morgan fingerprint density at radius 1 is 1.26 bits per heavy atom. The Morgan fingerprint density at radius 2 is 1.95 bits per heavy atom. The topological polar surface area (TPSA) is 90.7 Å². The average Bonchev–Trinajstić information content (AvgIpc) is 2.39. The molecule has 19 heavy (non-hydrogen) atoms. The van der Waals surface area contributed by atoms with E-state index in [0.29, 0.717) is 24.5 Å². The van der Waals surface area contributed by atoms with E-state index >= 15 is 0 Å². The van der Waals surface area contributed by atoms with Crippen LogP contribution in [0.15, 0.2) is 36.9 Å². The molecule has 0 aliphatic heterocycles. The van der Waals surface area contributed by atoms with Crippen LogP contribution in [-0.2, 0) is 9.53 Å². The van der Waals surface area contributed by atoms with Crippen LogP contribution in [0, 0.1) is 0 Å². The second kappa shape index (κ2) is 7.75. The molecule has 0 fully saturated rings. The van der Waals surface area contributed by atoms with Crippen LogP contribution < -0.4 is 15.8 Å². The van der Waals surface area contributed by atoms with Crippen molar-refractivity contribution in [3.8, 4) is 5.75 Å². The van der Waals surface area contributed by atoms with Gasteiger partial charge in [-0.15, -0.1) is 0 Å². The van der Waals surface area contributed by atoms with Crippen molar-refractivity contribution in [2.75, 3.05) is 18.5 Å². The van der Waals surface area contributed by atoms with Gasteiger partial charge in [0, 0.05) is 18.2 Å². The van der Waals surface area contributed by atoms with Crippen LogP contribution in [0.25, 0.3) is 0 Å². The van der Waals surface area contributed by atoms with Crippen molar-refractivity contribution in [2.24, 2.45) is 5.73 Å². The summed E-state index contributed by atoms with van der Waals surface area (Å²) < 4.78 is 10.2. The molecule has 1 aromatic carbocycles. The second-order valence-electron chi connectivity index (χ2n) is 3.59. The van der Waals surface area contributed by atoms with Crippen molar-refractivity contribution in [1.82, 2.24) is 0 Å². The number of esters is 1. The molecule has 6 nitrogen and oxygen atoms in total. The standard InChI is InChI=1S/C13H16N2O4/c1-2-12(16)19-9-3-8-18-11-6-4-10(5-7-11)15-13(14)17/h2,4-7H,1,3,8-9H2,(H3,14,15,17). The van der Waals surface area contributed by atoms with E-state index in [1.54, 1.807) is 24.3 Å². The molecule has 0 aliphatic rings. The van der Waals surface area contributed by atoms with E-state index in [4.69, 9.17) is 15.2 Å². The Morgan fingerprint density at radius 3 is 2.53 bits per heavy atom. The molecule has 3 N–H and O–H groups in total. The summed E-state index contributed by atoms with van der Waals surface area (Å²) in [5.41, 5.74) is 5.58. The highest BCUT2D eigenvalue weighted by atomic mass is 16.5. The van der Waals surface area contributed by atoms with Crippen molar-refractivity contribution in [1.29, 1.82) is 0 Å². The van der Waals surface area contributed by atoms with Gasteiger partial charge < -0.3 is 20.5 Å². The van der Waals surface area contributed by atoms with Gasteiger partial charge in [-0.3, -0.25) is 0 Å². The number of urea groups is 1. The van der Waals surface area contributed by atoms with Gasteiger partial charge in [-0.2, -0.15) is 0 Å². The van der Waals surface area contributed by atoms with E-state index in [2.05, 4.69) is 11.9 Å². The van der Waals surface area contributed by atoms with Crippen LogP contribution in [0.4, 0.5) is 10.5 Å². The summed E-state index contributed by atoms with van der Waals surface area (Å²) in [5.74, 6) is 0.215. The minimum atomic E-state index is -0.613. The average molecular weight is 264 g/mol. The largest absolute Gasteiger partial charge is 0.493 e. The Hall–Kier alpha value is -2.50. The van der Waals surface area contributed by atoms with E-state index in [1.165, 1.54) is 0 Å². The number of nitrogens with one attached hydrogen (secondary N) is 1. The SMILES string of the molecule is C=CC(=O)OCCCOc1ccc(NC(N)=O)cc1. The summed E-state index contributed by atoms with van der Waals surface area (Å²) in [7, 11) is 0. The van der Waals surface area contributed by atoms with Gasteiger partial charge in [0.05, 0.1) is 13.2 Å². The van der Waals surface area contributed by atoms with Gasteiger partial charge in [0.2, 0.25) is 0 Å². The highest BCUT2D eigenvalue weighted by Gasteiger charge is 1.98. The molecule has 2 amide bonds. The lowest BCUT2D eigenvalue weighted by Gasteiger charge is -2.07. The highest BCUT2D eigenvalue weighted by molar-refractivity contribution is 5.87. The van der Waals surface area contributed by atoms with Gasteiger partial charge >= 0.3 is 12.0 Å². The number of primary amides is 1. The molecule has 102 valence electrons. The van der Waals surface area contributed by atoms with Crippen LogP contribution in [0.1, 0.15) is 6.42 Å². The van der Waals surface area contributed by atoms with Crippen LogP contribution in [-0.4, -0.2) is 25.2 Å². The number of ether oxygens (including phenoxy) is 2. The lowest BCUT2D eigenvalue weighted by atomic mass is 10.3. The maximum atomic E-state index is 10.7. The molecule has 1 rings (SSSR count). The molecule has 0 spiro atoms. The first kappa shape index (κ1) is 14.6. The van der Waals surface area contributed by atoms with Crippen LogP contribution in [0.2, 0.25) is 0 Å². The fourth-order valence-corrected chi connectivity index (χ4v) is 1.26. The second-order valence-corrected chi connectivity index (χ2v) is 3.59. The maximum Gasteiger partial charge on any atom is 0.330 e. The molecular weight excluding hydrogens is 248 g/mol. The zero-order valence-corrected chi connectivity index (χ0v) is 10.4. The maximum absolute atomic E-state index is 10.7. The van der Waals surface area contributed by atoms with E-state index in [1.807, 2.05) is 0 Å². The summed E-state index contributed by atoms with van der Waals surface area (Å²) in [4.78, 5) is 21.4. The molecule has 0 saturated heterocycles. The first-order chi connectivity index (χ1) is 9.11. The van der Waals surface area contributed by atoms with E-state index < -0.39 is 12.0 Å². The normalized spacial score (nSPS) is 9.47. The van der Waals surface area contributed by atoms with Crippen LogP contribution in [0.5, 0.6) is 5.75 Å². The monoisotopic (exact) mass is 264 g/mol. The lowest BCUT2D eigenvalue weighted by Crippen LogP contribution is -2.19. The molecule has 0 atom stereocenters. The number of hydrogen-bond acceptors (Lipinski definition) is 4. The van der Waals surface area contributed by atoms with Gasteiger partial charge in [-0.05, 0) is 24.3 Å². The fraction of sp³-hybridized carbons (Fsp3) is 0.231. The highest BCUT2D eigenvalue weighted by Crippen LogP contribution is 2.15. The quantitative estimate of drug-likeness (QED) is 0.445. The number of carbonyl (C=O) groups is 2. The van der Waals surface area contributed by atoms with Gasteiger partial charge in [-0.1, -0.05) is 6.58 Å². The molecular formula is C13H16N2O4. The number of rotatable bonds is 7. The Labute approximate surface area is 111 Å². The van der Waals surface area contributed by atoms with Gasteiger partial charge in [0.15, 0.2) is 0 Å². The third-order valence-electron chi connectivity index (χ3n) is 2.09. The van der Waals surface area contributed by atoms with Crippen molar-refractivity contribution < 1.29 is 19.1 Å². The van der Waals surface area contributed by atoms with Gasteiger partial charge in [0.1, 0.15) is 5.75 Å². The van der Waals surface area contributed by atoms with E-state index in [0.717, 1.165) is 6.08 Å². The number of nitrogens with two attached hydrogens (primary N) is 1. The molecule has 1 aromatic rings. The predicted octanol–water partition coefficient (Wildman–Crippen LogP) is 1.68. The molecule has 0 unspecified atom stereocenters. The summed E-state index contributed by atoms with van der Waals surface area (Å²) in [5, 5.41) is 2.44. The minimum absolute atomic E-state index is 0.284. The molecule has 6 heteroatoms. The number of anilines is 1. The van der Waals surface area contributed by atoms with Crippen molar-refractivity contribution in [3.63, 3.8) is 0 Å². The molecule has 0 bridgehead atoms. The zero-order valence-electron chi connectivity index (χ0n) is 10.4. The Bertz CT molecular complexity index is 442. The van der Waals surface area contributed by atoms with E-state index in [-0.39, 0.29) is 6.61 Å². The van der Waals surface area contributed by atoms with E-state index in [9.17, 15) is 9.59 Å². The summed E-state index contributed by atoms with van der Waals surface area (Å²) in [6, 6.07) is 6.16. The summed E-state index contributed by atoms with van der Waals surface area (Å²) >= 11 is 0. The number of hydrogen-bond donors (Lipinski definition) is 2. The smallest absolute Gasteiger partial charge is 0.330 e. The number of amides is 2. The number of benzene rings is 1. The third kappa shape index (κ3) is 6.11. The Balaban J connectivity index is 2.24. The fourth-order valence-electron chi connectivity index (χ4n) is 1.26.